The topological polar surface area (TPSA) is 116 Å². The highest BCUT2D eigenvalue weighted by molar-refractivity contribution is 5.84. The minimum Gasteiger partial charge on any atom is -0.481 e. The third kappa shape index (κ3) is 7.20. The quantitative estimate of drug-likeness (QED) is 0.466. The van der Waals surface area contributed by atoms with Gasteiger partial charge in [0.05, 0.1) is 12.5 Å². The normalized spacial score (nSPS) is 12.7. The van der Waals surface area contributed by atoms with Crippen LogP contribution in [0.4, 0.5) is 0 Å². The Labute approximate surface area is 163 Å². The molecule has 2 aromatic carbocycles. The number of carboxylic acids is 2. The zero-order valence-electron chi connectivity index (χ0n) is 15.4. The summed E-state index contributed by atoms with van der Waals surface area (Å²) in [7, 11) is 0. The Morgan fingerprint density at radius 2 is 1.29 bits per heavy atom. The summed E-state index contributed by atoms with van der Waals surface area (Å²) < 4.78 is 0. The monoisotopic (exact) mass is 384 g/mol. The number of nitrogens with one attached hydrogen (secondary N) is 2. The second-order valence-electron chi connectivity index (χ2n) is 6.42. The number of carboxylic acid groups (broad SMARTS) is 2. The summed E-state index contributed by atoms with van der Waals surface area (Å²) >= 11 is 0. The van der Waals surface area contributed by atoms with E-state index in [1.807, 2.05) is 60.7 Å². The first-order valence-electron chi connectivity index (χ1n) is 9.02. The molecule has 28 heavy (non-hydrogen) atoms. The molecule has 0 aliphatic carbocycles. The molecular formula is C21H24N2O5. The molecule has 0 radical (unpaired) electrons. The lowest BCUT2D eigenvalue weighted by atomic mass is 10.0. The van der Waals surface area contributed by atoms with Crippen LogP contribution >= 0.6 is 0 Å². The van der Waals surface area contributed by atoms with E-state index in [0.29, 0.717) is 0 Å². The van der Waals surface area contributed by atoms with Crippen molar-refractivity contribution in [1.82, 2.24) is 10.6 Å². The Balaban J connectivity index is 2.11. The van der Waals surface area contributed by atoms with Crippen LogP contribution in [0.25, 0.3) is 0 Å². The number of amides is 1. The summed E-state index contributed by atoms with van der Waals surface area (Å²) in [6, 6.07) is 16.6. The van der Waals surface area contributed by atoms with Crippen LogP contribution in [-0.4, -0.2) is 46.7 Å². The molecule has 4 N–H and O–H groups in total. The van der Waals surface area contributed by atoms with E-state index in [2.05, 4.69) is 10.6 Å². The number of aliphatic carboxylic acids is 2. The van der Waals surface area contributed by atoms with Crippen LogP contribution in [0.15, 0.2) is 60.7 Å². The molecule has 7 heteroatoms. The summed E-state index contributed by atoms with van der Waals surface area (Å²) in [5.41, 5.74) is 1.71. The number of hydrogen-bond donors (Lipinski definition) is 4. The fourth-order valence-corrected chi connectivity index (χ4v) is 2.80. The maximum Gasteiger partial charge on any atom is 0.321 e. The smallest absolute Gasteiger partial charge is 0.321 e. The second-order valence-corrected chi connectivity index (χ2v) is 6.42. The molecular weight excluding hydrogens is 360 g/mol. The zero-order chi connectivity index (χ0) is 20.4. The summed E-state index contributed by atoms with van der Waals surface area (Å²) in [6.45, 7) is -0.0163. The molecule has 2 atom stereocenters. The Kier molecular flexibility index (Phi) is 8.17. The molecule has 7 nitrogen and oxygen atoms in total. The molecule has 2 aromatic rings. The first-order valence-corrected chi connectivity index (χ1v) is 9.02. The Bertz CT molecular complexity index is 780. The predicted molar refractivity (Wildman–Crippen MR) is 104 cm³/mol. The average Bonchev–Trinajstić information content (AvgIpc) is 2.68. The predicted octanol–water partition coefficient (Wildman–Crippen LogP) is 1.47. The van der Waals surface area contributed by atoms with Crippen LogP contribution in [0.2, 0.25) is 0 Å². The van der Waals surface area contributed by atoms with E-state index in [1.54, 1.807) is 0 Å². The summed E-state index contributed by atoms with van der Waals surface area (Å²) in [4.78, 5) is 35.0. The van der Waals surface area contributed by atoms with Crippen molar-refractivity contribution in [2.24, 2.45) is 0 Å². The molecule has 1 amide bonds. The van der Waals surface area contributed by atoms with Crippen molar-refractivity contribution in [3.63, 3.8) is 0 Å². The summed E-state index contributed by atoms with van der Waals surface area (Å²) in [5.74, 6) is -2.50. The first kappa shape index (κ1) is 21.1. The second kappa shape index (κ2) is 10.8. The zero-order valence-corrected chi connectivity index (χ0v) is 15.4. The van der Waals surface area contributed by atoms with Gasteiger partial charge in [-0.05, 0) is 24.0 Å². The fraction of sp³-hybridized carbons (Fsp3) is 0.286. The van der Waals surface area contributed by atoms with E-state index in [-0.39, 0.29) is 25.8 Å². The van der Waals surface area contributed by atoms with Gasteiger partial charge in [-0.1, -0.05) is 60.7 Å². The third-order valence-electron chi connectivity index (χ3n) is 4.22. The van der Waals surface area contributed by atoms with Crippen molar-refractivity contribution in [1.29, 1.82) is 0 Å². The van der Waals surface area contributed by atoms with E-state index >= 15 is 0 Å². The lowest BCUT2D eigenvalue weighted by Gasteiger charge is -2.23. The standard InChI is InChI=1S/C21H24N2O5/c24-19(25)11-12-22-20(26)17(13-15-7-3-1-4-8-15)23-18(21(27)28)14-16-9-5-2-6-10-16/h1-10,17-18,23H,11-14H2,(H,22,26)(H,24,25)(H,27,28). The fourth-order valence-electron chi connectivity index (χ4n) is 2.80. The van der Waals surface area contributed by atoms with Gasteiger partial charge in [-0.3, -0.25) is 19.7 Å². The van der Waals surface area contributed by atoms with Crippen molar-refractivity contribution < 1.29 is 24.6 Å². The molecule has 148 valence electrons. The van der Waals surface area contributed by atoms with Crippen molar-refractivity contribution >= 4 is 17.8 Å². The highest BCUT2D eigenvalue weighted by atomic mass is 16.4. The molecule has 0 aliphatic rings. The largest absolute Gasteiger partial charge is 0.481 e. The van der Waals surface area contributed by atoms with Crippen LogP contribution in [0.3, 0.4) is 0 Å². The van der Waals surface area contributed by atoms with Crippen molar-refractivity contribution in [2.45, 2.75) is 31.3 Å². The van der Waals surface area contributed by atoms with E-state index in [4.69, 9.17) is 5.11 Å². The number of rotatable bonds is 11. The Hall–Kier alpha value is -3.19. The van der Waals surface area contributed by atoms with Crippen LogP contribution < -0.4 is 10.6 Å². The first-order chi connectivity index (χ1) is 13.5. The molecule has 0 fully saturated rings. The van der Waals surface area contributed by atoms with Crippen LogP contribution in [0, 0.1) is 0 Å². The molecule has 0 heterocycles. The Morgan fingerprint density at radius 1 is 0.786 bits per heavy atom. The lowest BCUT2D eigenvalue weighted by molar-refractivity contribution is -0.140. The maximum absolute atomic E-state index is 12.6. The highest BCUT2D eigenvalue weighted by Gasteiger charge is 2.26. The van der Waals surface area contributed by atoms with Crippen molar-refractivity contribution in [2.75, 3.05) is 6.54 Å². The van der Waals surface area contributed by atoms with Gasteiger partial charge < -0.3 is 15.5 Å². The number of hydrogen-bond acceptors (Lipinski definition) is 4. The van der Waals surface area contributed by atoms with Crippen molar-refractivity contribution in [3.05, 3.63) is 71.8 Å². The molecule has 0 saturated heterocycles. The van der Waals surface area contributed by atoms with Gasteiger partial charge in [-0.15, -0.1) is 0 Å². The number of carbonyl (C=O) groups is 3. The molecule has 2 unspecified atom stereocenters. The van der Waals surface area contributed by atoms with Gasteiger partial charge in [0.25, 0.3) is 0 Å². The maximum atomic E-state index is 12.6. The minimum atomic E-state index is -1.06. The lowest BCUT2D eigenvalue weighted by Crippen LogP contribution is -2.53. The molecule has 0 spiro atoms. The average molecular weight is 384 g/mol. The van der Waals surface area contributed by atoms with E-state index in [0.717, 1.165) is 11.1 Å². The van der Waals surface area contributed by atoms with Crippen LogP contribution in [0.1, 0.15) is 17.5 Å². The molecule has 2 rings (SSSR count). The van der Waals surface area contributed by atoms with Gasteiger partial charge in [0.15, 0.2) is 0 Å². The van der Waals surface area contributed by atoms with Crippen LogP contribution in [0.5, 0.6) is 0 Å². The van der Waals surface area contributed by atoms with Gasteiger partial charge >= 0.3 is 11.9 Å². The Morgan fingerprint density at radius 3 is 1.75 bits per heavy atom. The van der Waals surface area contributed by atoms with Crippen molar-refractivity contribution in [3.8, 4) is 0 Å². The van der Waals surface area contributed by atoms with E-state index in [9.17, 15) is 19.5 Å². The third-order valence-corrected chi connectivity index (χ3v) is 4.22. The molecule has 0 aromatic heterocycles. The number of benzene rings is 2. The van der Waals surface area contributed by atoms with Gasteiger partial charge in [-0.2, -0.15) is 0 Å². The van der Waals surface area contributed by atoms with E-state index < -0.39 is 29.9 Å². The van der Waals surface area contributed by atoms with Gasteiger partial charge in [0, 0.05) is 6.54 Å². The molecule has 0 saturated carbocycles. The van der Waals surface area contributed by atoms with E-state index in [1.165, 1.54) is 0 Å². The molecule has 0 bridgehead atoms. The highest BCUT2D eigenvalue weighted by Crippen LogP contribution is 2.08. The summed E-state index contributed by atoms with van der Waals surface area (Å²) in [6.07, 6.45) is 0.318. The number of carbonyl (C=O) groups excluding carboxylic acids is 1. The van der Waals surface area contributed by atoms with Gasteiger partial charge in [0.1, 0.15) is 6.04 Å². The van der Waals surface area contributed by atoms with Crippen LogP contribution in [-0.2, 0) is 27.2 Å². The summed E-state index contributed by atoms with van der Waals surface area (Å²) in [5, 5.41) is 23.8. The van der Waals surface area contributed by atoms with Gasteiger partial charge in [-0.25, -0.2) is 0 Å². The molecule has 0 aliphatic heterocycles. The van der Waals surface area contributed by atoms with Gasteiger partial charge in [0.2, 0.25) is 5.91 Å². The minimum absolute atomic E-state index is 0.0163. The SMILES string of the molecule is O=C(O)CCNC(=O)C(Cc1ccccc1)NC(Cc1ccccc1)C(=O)O.